The van der Waals surface area contributed by atoms with Crippen molar-refractivity contribution >= 4 is 0 Å². The highest BCUT2D eigenvalue weighted by Crippen LogP contribution is 2.35. The predicted molar refractivity (Wildman–Crippen MR) is 66.8 cm³/mol. The second-order valence-electron chi connectivity index (χ2n) is 5.62. The van der Waals surface area contributed by atoms with Crippen molar-refractivity contribution in [1.82, 2.24) is 9.78 Å². The molecule has 0 spiro atoms. The van der Waals surface area contributed by atoms with Crippen molar-refractivity contribution in [3.05, 3.63) is 17.5 Å². The van der Waals surface area contributed by atoms with Crippen LogP contribution >= 0.6 is 0 Å². The fourth-order valence-electron chi connectivity index (χ4n) is 2.62. The Morgan fingerprint density at radius 3 is 2.32 bits per heavy atom. The maximum absolute atomic E-state index is 12.8. The minimum absolute atomic E-state index is 0.0270. The van der Waals surface area contributed by atoms with Gasteiger partial charge in [-0.2, -0.15) is 18.3 Å². The summed E-state index contributed by atoms with van der Waals surface area (Å²) in [5.41, 5.74) is 5.71. The summed E-state index contributed by atoms with van der Waals surface area (Å²) in [5.74, 6) is 0.0270. The fourth-order valence-corrected chi connectivity index (χ4v) is 2.62. The molecule has 1 heterocycles. The van der Waals surface area contributed by atoms with E-state index in [9.17, 15) is 13.2 Å². The number of aromatic nitrogens is 2. The first-order valence-electron chi connectivity index (χ1n) is 6.71. The number of alkyl halides is 3. The third kappa shape index (κ3) is 3.11. The van der Waals surface area contributed by atoms with Gasteiger partial charge in [-0.25, -0.2) is 0 Å². The number of hydrogen-bond acceptors (Lipinski definition) is 2. The normalized spacial score (nSPS) is 25.0. The summed E-state index contributed by atoms with van der Waals surface area (Å²) >= 11 is 0. The number of nitrogens with zero attached hydrogens (tertiary/aromatic N) is 2. The van der Waals surface area contributed by atoms with Gasteiger partial charge in [-0.1, -0.05) is 13.8 Å². The topological polar surface area (TPSA) is 43.8 Å². The van der Waals surface area contributed by atoms with Crippen LogP contribution in [0.3, 0.4) is 0 Å². The first-order chi connectivity index (χ1) is 8.79. The molecule has 0 bridgehead atoms. The Kier molecular flexibility index (Phi) is 3.90. The number of rotatable bonds is 2. The average molecular weight is 275 g/mol. The molecule has 0 radical (unpaired) electrons. The quantitative estimate of drug-likeness (QED) is 0.898. The first-order valence-corrected chi connectivity index (χ1v) is 6.71. The number of halogens is 3. The summed E-state index contributed by atoms with van der Waals surface area (Å²) in [4.78, 5) is 0. The van der Waals surface area contributed by atoms with Crippen LogP contribution in [0.5, 0.6) is 0 Å². The van der Waals surface area contributed by atoms with E-state index in [0.717, 1.165) is 25.7 Å². The highest BCUT2D eigenvalue weighted by atomic mass is 19.4. The van der Waals surface area contributed by atoms with Crippen LogP contribution in [0.1, 0.15) is 62.9 Å². The molecule has 0 atom stereocenters. The van der Waals surface area contributed by atoms with Gasteiger partial charge in [0.1, 0.15) is 0 Å². The van der Waals surface area contributed by atoms with Gasteiger partial charge in [-0.05, 0) is 37.7 Å². The van der Waals surface area contributed by atoms with Crippen molar-refractivity contribution < 1.29 is 13.2 Å². The van der Waals surface area contributed by atoms with Gasteiger partial charge >= 0.3 is 6.18 Å². The molecular weight excluding hydrogens is 255 g/mol. The number of nitrogens with two attached hydrogens (primary N) is 1. The Labute approximate surface area is 111 Å². The lowest BCUT2D eigenvalue weighted by molar-refractivity contribution is -0.141. The largest absolute Gasteiger partial charge is 0.435 e. The van der Waals surface area contributed by atoms with Crippen LogP contribution in [0.15, 0.2) is 6.07 Å². The summed E-state index contributed by atoms with van der Waals surface area (Å²) in [6.45, 7) is 3.78. The maximum atomic E-state index is 12.8. The highest BCUT2D eigenvalue weighted by Gasteiger charge is 2.36. The molecule has 2 rings (SSSR count). The molecule has 0 amide bonds. The van der Waals surface area contributed by atoms with Crippen molar-refractivity contribution in [2.24, 2.45) is 5.73 Å². The van der Waals surface area contributed by atoms with Crippen LogP contribution in [-0.2, 0) is 6.18 Å². The molecule has 1 fully saturated rings. The molecule has 1 aliphatic carbocycles. The molecule has 0 aliphatic heterocycles. The van der Waals surface area contributed by atoms with Gasteiger partial charge in [-0.3, -0.25) is 4.68 Å². The van der Waals surface area contributed by atoms with Crippen molar-refractivity contribution in [1.29, 1.82) is 0 Å². The van der Waals surface area contributed by atoms with Gasteiger partial charge in [0.15, 0.2) is 5.69 Å². The van der Waals surface area contributed by atoms with E-state index in [4.69, 9.17) is 5.73 Å². The Bertz CT molecular complexity index is 429. The molecule has 1 aromatic heterocycles. The van der Waals surface area contributed by atoms with Gasteiger partial charge in [0, 0.05) is 11.7 Å². The first kappa shape index (κ1) is 14.4. The van der Waals surface area contributed by atoms with Crippen LogP contribution in [0.2, 0.25) is 0 Å². The van der Waals surface area contributed by atoms with Crippen molar-refractivity contribution in [2.45, 2.75) is 63.7 Å². The molecular formula is C13H20F3N3. The summed E-state index contributed by atoms with van der Waals surface area (Å²) in [7, 11) is 0. The minimum atomic E-state index is -4.38. The highest BCUT2D eigenvalue weighted by molar-refractivity contribution is 5.17. The minimum Gasteiger partial charge on any atom is -0.328 e. The Morgan fingerprint density at radius 1 is 1.26 bits per heavy atom. The molecule has 19 heavy (non-hydrogen) atoms. The molecule has 1 aromatic rings. The van der Waals surface area contributed by atoms with Gasteiger partial charge < -0.3 is 5.73 Å². The van der Waals surface area contributed by atoms with Gasteiger partial charge in [-0.15, -0.1) is 0 Å². The zero-order valence-electron chi connectivity index (χ0n) is 11.2. The zero-order chi connectivity index (χ0) is 14.2. The molecule has 2 N–H and O–H groups in total. The fraction of sp³-hybridized carbons (Fsp3) is 0.769. The Hall–Kier alpha value is -1.04. The molecule has 6 heteroatoms. The molecule has 0 aromatic carbocycles. The smallest absolute Gasteiger partial charge is 0.328 e. The molecule has 1 aliphatic rings. The summed E-state index contributed by atoms with van der Waals surface area (Å²) in [6, 6.07) is 1.41. The molecule has 1 saturated carbocycles. The van der Waals surface area contributed by atoms with Crippen LogP contribution < -0.4 is 5.73 Å². The van der Waals surface area contributed by atoms with E-state index in [1.807, 2.05) is 13.8 Å². The second-order valence-corrected chi connectivity index (χ2v) is 5.62. The monoisotopic (exact) mass is 275 g/mol. The van der Waals surface area contributed by atoms with E-state index in [2.05, 4.69) is 5.10 Å². The molecule has 0 saturated heterocycles. The van der Waals surface area contributed by atoms with Gasteiger partial charge in [0.05, 0.1) is 6.04 Å². The van der Waals surface area contributed by atoms with Crippen LogP contribution in [0.4, 0.5) is 13.2 Å². The SMILES string of the molecule is CC(C)c1cc(C(F)(F)F)nn1C1CCC(N)CC1. The molecule has 108 valence electrons. The predicted octanol–water partition coefficient (Wildman–Crippen LogP) is 3.47. The summed E-state index contributed by atoms with van der Waals surface area (Å²) < 4.78 is 39.9. The summed E-state index contributed by atoms with van der Waals surface area (Å²) in [6.07, 6.45) is -1.06. The standard InChI is InChI=1S/C13H20F3N3/c1-8(2)11-7-12(13(14,15)16)18-19(11)10-5-3-9(17)4-6-10/h7-10H,3-6,17H2,1-2H3. The number of hydrogen-bond donors (Lipinski definition) is 1. The van der Waals surface area contributed by atoms with Crippen LogP contribution in [0.25, 0.3) is 0 Å². The van der Waals surface area contributed by atoms with E-state index in [-0.39, 0.29) is 18.0 Å². The third-order valence-corrected chi connectivity index (χ3v) is 3.73. The van der Waals surface area contributed by atoms with E-state index < -0.39 is 11.9 Å². The van der Waals surface area contributed by atoms with Crippen LogP contribution in [-0.4, -0.2) is 15.8 Å². The van der Waals surface area contributed by atoms with Gasteiger partial charge in [0.2, 0.25) is 0 Å². The van der Waals surface area contributed by atoms with Crippen LogP contribution in [0, 0.1) is 0 Å². The van der Waals surface area contributed by atoms with E-state index >= 15 is 0 Å². The Morgan fingerprint density at radius 2 is 1.84 bits per heavy atom. The van der Waals surface area contributed by atoms with Gasteiger partial charge in [0.25, 0.3) is 0 Å². The molecule has 0 unspecified atom stereocenters. The van der Waals surface area contributed by atoms with Crippen molar-refractivity contribution in [3.8, 4) is 0 Å². The second kappa shape index (κ2) is 5.15. The lowest BCUT2D eigenvalue weighted by atomic mass is 9.91. The molecule has 3 nitrogen and oxygen atoms in total. The lowest BCUT2D eigenvalue weighted by Crippen LogP contribution is -2.29. The summed E-state index contributed by atoms with van der Waals surface area (Å²) in [5, 5.41) is 3.80. The zero-order valence-corrected chi connectivity index (χ0v) is 11.2. The third-order valence-electron chi connectivity index (χ3n) is 3.73. The Balaban J connectivity index is 2.30. The van der Waals surface area contributed by atoms with E-state index in [1.54, 1.807) is 4.68 Å². The lowest BCUT2D eigenvalue weighted by Gasteiger charge is -2.28. The van der Waals surface area contributed by atoms with Crippen molar-refractivity contribution in [3.63, 3.8) is 0 Å². The average Bonchev–Trinajstić information content (AvgIpc) is 2.74. The maximum Gasteiger partial charge on any atom is 0.435 e. The van der Waals surface area contributed by atoms with E-state index in [0.29, 0.717) is 5.69 Å². The van der Waals surface area contributed by atoms with E-state index in [1.165, 1.54) is 6.07 Å². The van der Waals surface area contributed by atoms with Crippen molar-refractivity contribution in [2.75, 3.05) is 0 Å².